The number of carbonyl (C=O) groups excluding carboxylic acids is 1. The summed E-state index contributed by atoms with van der Waals surface area (Å²) in [6.45, 7) is 9.54. The molecule has 18 heavy (non-hydrogen) atoms. The molecule has 0 spiro atoms. The molecule has 0 aliphatic carbocycles. The summed E-state index contributed by atoms with van der Waals surface area (Å²) in [5, 5.41) is 0. The van der Waals surface area contributed by atoms with Crippen LogP contribution in [0.3, 0.4) is 0 Å². The minimum Gasteiger partial charge on any atom is -0.468 e. The van der Waals surface area contributed by atoms with Crippen molar-refractivity contribution in [3.8, 4) is 0 Å². The Hall–Kier alpha value is -0.650. The first-order chi connectivity index (χ1) is 8.30. The number of esters is 1. The second kappa shape index (κ2) is 7.71. The van der Waals surface area contributed by atoms with Crippen molar-refractivity contribution in [1.82, 2.24) is 4.90 Å². The van der Waals surface area contributed by atoms with Crippen LogP contribution in [0.2, 0.25) is 0 Å². The van der Waals surface area contributed by atoms with Gasteiger partial charge in [0.2, 0.25) is 0 Å². The van der Waals surface area contributed by atoms with Gasteiger partial charge in [-0.3, -0.25) is 9.69 Å². The van der Waals surface area contributed by atoms with Crippen LogP contribution in [0, 0.1) is 0 Å². The molecule has 3 atom stereocenters. The molecule has 0 radical (unpaired) electrons. The average Bonchev–Trinajstić information content (AvgIpc) is 2.28. The van der Waals surface area contributed by atoms with Gasteiger partial charge in [0.1, 0.15) is 5.54 Å². The number of hydrogen-bond donors (Lipinski definition) is 1. The summed E-state index contributed by atoms with van der Waals surface area (Å²) in [5.41, 5.74) is 5.06. The summed E-state index contributed by atoms with van der Waals surface area (Å²) in [6.07, 6.45) is 0.557. The minimum absolute atomic E-state index is 0.189. The predicted molar refractivity (Wildman–Crippen MR) is 72.4 cm³/mol. The van der Waals surface area contributed by atoms with Crippen LogP contribution in [0.4, 0.5) is 0 Å². The van der Waals surface area contributed by atoms with E-state index in [1.807, 2.05) is 0 Å². The molecule has 0 aliphatic rings. The van der Waals surface area contributed by atoms with Crippen LogP contribution in [-0.4, -0.2) is 55.9 Å². The highest BCUT2D eigenvalue weighted by atomic mass is 16.5. The van der Waals surface area contributed by atoms with Crippen molar-refractivity contribution in [3.63, 3.8) is 0 Å². The lowest BCUT2D eigenvalue weighted by atomic mass is 9.93. The first kappa shape index (κ1) is 17.4. The predicted octanol–water partition coefficient (Wildman–Crippen LogP) is 1.01. The van der Waals surface area contributed by atoms with Crippen LogP contribution >= 0.6 is 0 Å². The van der Waals surface area contributed by atoms with E-state index < -0.39 is 5.54 Å². The Morgan fingerprint density at radius 2 is 1.89 bits per heavy atom. The first-order valence-corrected chi connectivity index (χ1v) is 6.42. The van der Waals surface area contributed by atoms with E-state index in [2.05, 4.69) is 25.7 Å². The van der Waals surface area contributed by atoms with E-state index in [4.69, 9.17) is 15.2 Å². The van der Waals surface area contributed by atoms with Crippen molar-refractivity contribution >= 4 is 5.97 Å². The lowest BCUT2D eigenvalue weighted by Crippen LogP contribution is -2.52. The third kappa shape index (κ3) is 4.92. The fraction of sp³-hybridized carbons (Fsp3) is 0.923. The molecule has 0 aromatic carbocycles. The molecule has 0 saturated carbocycles. The quantitative estimate of drug-likeness (QED) is 0.660. The van der Waals surface area contributed by atoms with Crippen molar-refractivity contribution in [3.05, 3.63) is 0 Å². The van der Waals surface area contributed by atoms with Gasteiger partial charge in [0.05, 0.1) is 13.7 Å². The van der Waals surface area contributed by atoms with Gasteiger partial charge < -0.3 is 15.2 Å². The van der Waals surface area contributed by atoms with Crippen LogP contribution in [0.1, 0.15) is 34.1 Å². The maximum Gasteiger partial charge on any atom is 0.325 e. The lowest BCUT2D eigenvalue weighted by Gasteiger charge is -2.36. The molecule has 0 saturated heterocycles. The normalized spacial score (nSPS) is 18.2. The zero-order chi connectivity index (χ0) is 14.3. The maximum atomic E-state index is 11.6. The Bertz CT molecular complexity index is 257. The van der Waals surface area contributed by atoms with Gasteiger partial charge in [0.15, 0.2) is 0 Å². The molecule has 5 heteroatoms. The number of ether oxygens (including phenoxy) is 2. The largest absolute Gasteiger partial charge is 0.468 e. The summed E-state index contributed by atoms with van der Waals surface area (Å²) < 4.78 is 9.90. The highest BCUT2D eigenvalue weighted by molar-refractivity contribution is 5.79. The molecule has 108 valence electrons. The Kier molecular flexibility index (Phi) is 7.43. The molecule has 2 N–H and O–H groups in total. The average molecular weight is 260 g/mol. The standard InChI is InChI=1S/C13H28N2O3/c1-7-15(11(3)9-17-5)10(2)8-13(4,14)12(16)18-6/h10-11H,7-9,14H2,1-6H3. The molecule has 0 rings (SSSR count). The molecule has 0 aliphatic heterocycles. The Labute approximate surface area is 111 Å². The maximum absolute atomic E-state index is 11.6. The van der Waals surface area contributed by atoms with E-state index in [0.717, 1.165) is 6.54 Å². The van der Waals surface area contributed by atoms with Gasteiger partial charge in [-0.25, -0.2) is 0 Å². The highest BCUT2D eigenvalue weighted by Gasteiger charge is 2.33. The van der Waals surface area contributed by atoms with Gasteiger partial charge in [-0.1, -0.05) is 6.92 Å². The van der Waals surface area contributed by atoms with Crippen LogP contribution < -0.4 is 5.73 Å². The van der Waals surface area contributed by atoms with Gasteiger partial charge in [-0.15, -0.1) is 0 Å². The van der Waals surface area contributed by atoms with Crippen LogP contribution in [-0.2, 0) is 14.3 Å². The van der Waals surface area contributed by atoms with Crippen molar-refractivity contribution in [2.24, 2.45) is 5.73 Å². The molecular weight excluding hydrogens is 232 g/mol. The molecule has 0 aromatic heterocycles. The van der Waals surface area contributed by atoms with Crippen molar-refractivity contribution in [1.29, 1.82) is 0 Å². The Morgan fingerprint density at radius 1 is 1.33 bits per heavy atom. The van der Waals surface area contributed by atoms with Gasteiger partial charge >= 0.3 is 5.97 Å². The van der Waals surface area contributed by atoms with E-state index in [9.17, 15) is 4.79 Å². The topological polar surface area (TPSA) is 64.8 Å². The van der Waals surface area contributed by atoms with E-state index >= 15 is 0 Å². The minimum atomic E-state index is -0.950. The van der Waals surface area contributed by atoms with E-state index in [0.29, 0.717) is 19.1 Å². The zero-order valence-corrected chi connectivity index (χ0v) is 12.5. The van der Waals surface area contributed by atoms with E-state index in [-0.39, 0.29) is 12.0 Å². The van der Waals surface area contributed by atoms with Gasteiger partial charge in [-0.2, -0.15) is 0 Å². The fourth-order valence-corrected chi connectivity index (χ4v) is 2.44. The van der Waals surface area contributed by atoms with Crippen molar-refractivity contribution in [2.45, 2.75) is 51.7 Å². The smallest absolute Gasteiger partial charge is 0.325 e. The van der Waals surface area contributed by atoms with Gasteiger partial charge in [0, 0.05) is 19.2 Å². The van der Waals surface area contributed by atoms with Crippen molar-refractivity contribution in [2.75, 3.05) is 27.4 Å². The Morgan fingerprint density at radius 3 is 2.28 bits per heavy atom. The Balaban J connectivity index is 4.61. The third-order valence-corrected chi connectivity index (χ3v) is 3.28. The molecule has 0 amide bonds. The molecule has 5 nitrogen and oxygen atoms in total. The lowest BCUT2D eigenvalue weighted by molar-refractivity contribution is -0.147. The summed E-state index contributed by atoms with van der Waals surface area (Å²) in [5.74, 6) is -0.371. The third-order valence-electron chi connectivity index (χ3n) is 3.28. The summed E-state index contributed by atoms with van der Waals surface area (Å²) in [7, 11) is 3.06. The number of nitrogens with two attached hydrogens (primary N) is 1. The van der Waals surface area contributed by atoms with Crippen LogP contribution in [0.5, 0.6) is 0 Å². The van der Waals surface area contributed by atoms with Gasteiger partial charge in [-0.05, 0) is 33.7 Å². The number of likely N-dealkylation sites (N-methyl/N-ethyl adjacent to an activating group) is 1. The van der Waals surface area contributed by atoms with E-state index in [1.165, 1.54) is 7.11 Å². The second-order valence-corrected chi connectivity index (χ2v) is 5.10. The number of methoxy groups -OCH3 is 2. The van der Waals surface area contributed by atoms with E-state index in [1.54, 1.807) is 14.0 Å². The molecular formula is C13H28N2O3. The molecule has 0 bridgehead atoms. The molecule has 3 unspecified atom stereocenters. The summed E-state index contributed by atoms with van der Waals surface area (Å²) in [6, 6.07) is 0.484. The summed E-state index contributed by atoms with van der Waals surface area (Å²) >= 11 is 0. The number of carbonyl (C=O) groups is 1. The highest BCUT2D eigenvalue weighted by Crippen LogP contribution is 2.17. The molecule has 0 aromatic rings. The number of nitrogens with zero attached hydrogens (tertiary/aromatic N) is 1. The molecule has 0 fully saturated rings. The fourth-order valence-electron chi connectivity index (χ4n) is 2.44. The SMILES string of the molecule is CCN(C(C)COC)C(C)CC(C)(N)C(=O)OC. The van der Waals surface area contributed by atoms with Crippen LogP contribution in [0.25, 0.3) is 0 Å². The summed E-state index contributed by atoms with van der Waals surface area (Å²) in [4.78, 5) is 13.9. The second-order valence-electron chi connectivity index (χ2n) is 5.10. The zero-order valence-electron chi connectivity index (χ0n) is 12.5. The number of rotatable bonds is 8. The van der Waals surface area contributed by atoms with Gasteiger partial charge in [0.25, 0.3) is 0 Å². The van der Waals surface area contributed by atoms with Crippen LogP contribution in [0.15, 0.2) is 0 Å². The first-order valence-electron chi connectivity index (χ1n) is 6.42. The molecule has 0 heterocycles. The van der Waals surface area contributed by atoms with Crippen molar-refractivity contribution < 1.29 is 14.3 Å². The number of hydrogen-bond acceptors (Lipinski definition) is 5. The monoisotopic (exact) mass is 260 g/mol.